The summed E-state index contributed by atoms with van der Waals surface area (Å²) in [4.78, 5) is 10.7. The highest BCUT2D eigenvalue weighted by Gasteiger charge is 2.18. The lowest BCUT2D eigenvalue weighted by Gasteiger charge is -2.25. The zero-order valence-electron chi connectivity index (χ0n) is 8.43. The Bertz CT molecular complexity index is 373. The van der Waals surface area contributed by atoms with Crippen molar-refractivity contribution in [2.75, 3.05) is 11.5 Å². The van der Waals surface area contributed by atoms with Crippen LogP contribution in [0, 0.1) is 0 Å². The average molecular weight is 227 g/mol. The van der Waals surface area contributed by atoms with Crippen molar-refractivity contribution >= 4 is 17.7 Å². The Balaban J connectivity index is 1.97. The van der Waals surface area contributed by atoms with Gasteiger partial charge in [0, 0.05) is 31.1 Å². The van der Waals surface area contributed by atoms with Crippen LogP contribution >= 0.6 is 11.8 Å². The molecule has 15 heavy (non-hydrogen) atoms. The predicted molar refractivity (Wildman–Crippen MR) is 58.1 cm³/mol. The molecule has 6 heteroatoms. The van der Waals surface area contributed by atoms with Crippen molar-refractivity contribution in [3.8, 4) is 0 Å². The second-order valence-electron chi connectivity index (χ2n) is 3.56. The third-order valence-corrected chi connectivity index (χ3v) is 3.68. The van der Waals surface area contributed by atoms with Gasteiger partial charge in [-0.15, -0.1) is 0 Å². The van der Waals surface area contributed by atoms with Crippen LogP contribution in [0.15, 0.2) is 6.07 Å². The first kappa shape index (κ1) is 10.5. The van der Waals surface area contributed by atoms with Crippen LogP contribution < -0.4 is 5.32 Å². The first-order valence-corrected chi connectivity index (χ1v) is 5.89. The topological polar surface area (TPSA) is 67.2 Å². The third kappa shape index (κ3) is 2.32. The van der Waals surface area contributed by atoms with Gasteiger partial charge < -0.3 is 10.4 Å². The van der Waals surface area contributed by atoms with E-state index in [1.54, 1.807) is 17.8 Å². The lowest BCUT2D eigenvalue weighted by atomic mass is 10.3. The monoisotopic (exact) mass is 227 g/mol. The number of hydrogen-bond donors (Lipinski definition) is 2. The molecule has 5 nitrogen and oxygen atoms in total. The Morgan fingerprint density at radius 3 is 3.00 bits per heavy atom. The first-order valence-electron chi connectivity index (χ1n) is 4.74. The van der Waals surface area contributed by atoms with Crippen LogP contribution in [0.2, 0.25) is 0 Å². The van der Waals surface area contributed by atoms with Crippen molar-refractivity contribution in [3.63, 3.8) is 0 Å². The molecule has 0 aromatic carbocycles. The fraction of sp³-hybridized carbons (Fsp3) is 0.556. The van der Waals surface area contributed by atoms with E-state index >= 15 is 0 Å². The van der Waals surface area contributed by atoms with Gasteiger partial charge in [0.2, 0.25) is 0 Å². The van der Waals surface area contributed by atoms with Gasteiger partial charge in [0.1, 0.15) is 0 Å². The van der Waals surface area contributed by atoms with Crippen LogP contribution in [0.1, 0.15) is 16.2 Å². The van der Waals surface area contributed by atoms with Crippen LogP contribution in [0.5, 0.6) is 0 Å². The lowest BCUT2D eigenvalue weighted by molar-refractivity contribution is 0.0689. The van der Waals surface area contributed by atoms with Gasteiger partial charge >= 0.3 is 5.97 Å². The molecule has 2 rings (SSSR count). The summed E-state index contributed by atoms with van der Waals surface area (Å²) in [5.74, 6) is 1.31. The molecule has 1 aliphatic heterocycles. The Labute approximate surface area is 91.9 Å². The maximum atomic E-state index is 10.7. The summed E-state index contributed by atoms with van der Waals surface area (Å²) in [6.45, 7) is 0.683. The van der Waals surface area contributed by atoms with Crippen molar-refractivity contribution in [2.45, 2.75) is 12.6 Å². The standard InChI is InChI=1S/C9H13N3O2S/c1-12-7(2-8(11-12)9(13)14)3-10-6-4-15-5-6/h2,6,10H,3-5H2,1H3,(H,13,14). The summed E-state index contributed by atoms with van der Waals surface area (Å²) >= 11 is 1.92. The summed E-state index contributed by atoms with van der Waals surface area (Å²) < 4.78 is 1.61. The largest absolute Gasteiger partial charge is 0.476 e. The molecule has 1 aliphatic rings. The number of carboxylic acid groups (broad SMARTS) is 1. The molecule has 0 bridgehead atoms. The zero-order chi connectivity index (χ0) is 10.8. The highest BCUT2D eigenvalue weighted by molar-refractivity contribution is 8.00. The molecule has 2 heterocycles. The van der Waals surface area contributed by atoms with Crippen molar-refractivity contribution < 1.29 is 9.90 Å². The maximum Gasteiger partial charge on any atom is 0.356 e. The highest BCUT2D eigenvalue weighted by Crippen LogP contribution is 2.17. The molecule has 1 aromatic heterocycles. The van der Waals surface area contributed by atoms with Gasteiger partial charge in [0.05, 0.1) is 5.69 Å². The number of rotatable bonds is 4. The number of aromatic carboxylic acids is 1. The van der Waals surface area contributed by atoms with E-state index in [9.17, 15) is 4.79 Å². The lowest BCUT2D eigenvalue weighted by Crippen LogP contribution is -2.40. The van der Waals surface area contributed by atoms with Gasteiger partial charge in [0.25, 0.3) is 0 Å². The molecule has 0 aliphatic carbocycles. The number of nitrogens with one attached hydrogen (secondary N) is 1. The predicted octanol–water partition coefficient (Wildman–Crippen LogP) is 0.323. The second-order valence-corrected chi connectivity index (χ2v) is 4.64. The molecular formula is C9H13N3O2S. The van der Waals surface area contributed by atoms with E-state index in [0.717, 1.165) is 17.2 Å². The molecule has 0 radical (unpaired) electrons. The van der Waals surface area contributed by atoms with E-state index in [-0.39, 0.29) is 5.69 Å². The van der Waals surface area contributed by atoms with Crippen molar-refractivity contribution in [1.82, 2.24) is 15.1 Å². The number of thioether (sulfide) groups is 1. The summed E-state index contributed by atoms with van der Waals surface area (Å²) in [5.41, 5.74) is 1.02. The zero-order valence-corrected chi connectivity index (χ0v) is 9.25. The van der Waals surface area contributed by atoms with Crippen LogP contribution in [0.25, 0.3) is 0 Å². The van der Waals surface area contributed by atoms with E-state index in [0.29, 0.717) is 12.6 Å². The Hall–Kier alpha value is -1.01. The average Bonchev–Trinajstić information content (AvgIpc) is 2.45. The van der Waals surface area contributed by atoms with Gasteiger partial charge in [-0.2, -0.15) is 16.9 Å². The molecular weight excluding hydrogens is 214 g/mol. The maximum absolute atomic E-state index is 10.7. The fourth-order valence-electron chi connectivity index (χ4n) is 1.38. The van der Waals surface area contributed by atoms with Crippen molar-refractivity contribution in [3.05, 3.63) is 17.5 Å². The van der Waals surface area contributed by atoms with Gasteiger partial charge in [-0.1, -0.05) is 0 Å². The molecule has 1 fully saturated rings. The van der Waals surface area contributed by atoms with Crippen LogP contribution in [0.3, 0.4) is 0 Å². The number of carbonyl (C=O) groups is 1. The molecule has 0 unspecified atom stereocenters. The minimum absolute atomic E-state index is 0.109. The Morgan fingerprint density at radius 2 is 2.53 bits per heavy atom. The molecule has 0 amide bonds. The van der Waals surface area contributed by atoms with Crippen molar-refractivity contribution in [2.24, 2.45) is 7.05 Å². The van der Waals surface area contributed by atoms with Gasteiger partial charge in [-0.05, 0) is 6.07 Å². The quantitative estimate of drug-likeness (QED) is 0.775. The summed E-state index contributed by atoms with van der Waals surface area (Å²) in [6.07, 6.45) is 0. The van der Waals surface area contributed by atoms with Gasteiger partial charge in [0.15, 0.2) is 5.69 Å². The smallest absolute Gasteiger partial charge is 0.356 e. The Kier molecular flexibility index (Phi) is 2.97. The summed E-state index contributed by atoms with van der Waals surface area (Å²) in [6, 6.07) is 2.18. The summed E-state index contributed by atoms with van der Waals surface area (Å²) in [5, 5.41) is 16.0. The molecule has 1 saturated heterocycles. The molecule has 0 atom stereocenters. The van der Waals surface area contributed by atoms with E-state index in [4.69, 9.17) is 5.11 Å². The molecule has 0 saturated carbocycles. The number of hydrogen-bond acceptors (Lipinski definition) is 4. The van der Waals surface area contributed by atoms with E-state index in [1.807, 2.05) is 11.8 Å². The third-order valence-electron chi connectivity index (χ3n) is 2.41. The van der Waals surface area contributed by atoms with E-state index in [2.05, 4.69) is 10.4 Å². The highest BCUT2D eigenvalue weighted by atomic mass is 32.2. The van der Waals surface area contributed by atoms with E-state index in [1.165, 1.54) is 0 Å². The molecule has 82 valence electrons. The minimum atomic E-state index is -0.976. The minimum Gasteiger partial charge on any atom is -0.476 e. The number of aryl methyl sites for hydroxylation is 1. The van der Waals surface area contributed by atoms with Crippen molar-refractivity contribution in [1.29, 1.82) is 0 Å². The number of carboxylic acids is 1. The van der Waals surface area contributed by atoms with E-state index < -0.39 is 5.97 Å². The first-order chi connectivity index (χ1) is 7.16. The molecule has 1 aromatic rings. The normalized spacial score (nSPS) is 16.3. The van der Waals surface area contributed by atoms with Crippen LogP contribution in [0.4, 0.5) is 0 Å². The van der Waals surface area contributed by atoms with Gasteiger partial charge in [-0.3, -0.25) is 4.68 Å². The Morgan fingerprint density at radius 1 is 1.80 bits per heavy atom. The fourth-order valence-corrected chi connectivity index (χ4v) is 2.09. The SMILES string of the molecule is Cn1nc(C(=O)O)cc1CNC1CSC1. The second kappa shape index (κ2) is 4.24. The molecule has 0 spiro atoms. The van der Waals surface area contributed by atoms with Gasteiger partial charge in [-0.25, -0.2) is 4.79 Å². The molecule has 2 N–H and O–H groups in total. The number of aromatic nitrogens is 2. The van der Waals surface area contributed by atoms with Crippen LogP contribution in [-0.4, -0.2) is 38.4 Å². The summed E-state index contributed by atoms with van der Waals surface area (Å²) in [7, 11) is 1.76. The number of nitrogens with zero attached hydrogens (tertiary/aromatic N) is 2. The van der Waals surface area contributed by atoms with Crippen LogP contribution in [-0.2, 0) is 13.6 Å².